The molecule has 1 heterocycles. The molecule has 2 rings (SSSR count). The predicted molar refractivity (Wildman–Crippen MR) is 73.5 cm³/mol. The third-order valence-corrected chi connectivity index (χ3v) is 3.58. The van der Waals surface area contributed by atoms with Gasteiger partial charge in [-0.2, -0.15) is 0 Å². The first-order valence-electron chi connectivity index (χ1n) is 5.01. The average molecular weight is 335 g/mol. The van der Waals surface area contributed by atoms with Crippen LogP contribution in [0.1, 0.15) is 17.4 Å². The lowest BCUT2D eigenvalue weighted by molar-refractivity contribution is 0.448. The van der Waals surface area contributed by atoms with Gasteiger partial charge in [-0.05, 0) is 52.2 Å². The van der Waals surface area contributed by atoms with Crippen LogP contribution in [0.2, 0.25) is 10.0 Å². The fourth-order valence-electron chi connectivity index (χ4n) is 1.58. The van der Waals surface area contributed by atoms with Gasteiger partial charge in [0.05, 0.1) is 6.04 Å². The van der Waals surface area contributed by atoms with Gasteiger partial charge in [0.25, 0.3) is 0 Å². The summed E-state index contributed by atoms with van der Waals surface area (Å²) in [5, 5.41) is 1.25. The molecule has 0 aliphatic rings. The highest BCUT2D eigenvalue weighted by molar-refractivity contribution is 9.10. The molecule has 1 aromatic carbocycles. The van der Waals surface area contributed by atoms with Gasteiger partial charge >= 0.3 is 0 Å². The molecule has 0 radical (unpaired) electrons. The number of nitrogens with two attached hydrogens (primary N) is 1. The van der Waals surface area contributed by atoms with Crippen LogP contribution in [0.5, 0.6) is 0 Å². The van der Waals surface area contributed by atoms with Crippen LogP contribution in [0.15, 0.2) is 39.4 Å². The third-order valence-electron chi connectivity index (χ3n) is 2.45. The summed E-state index contributed by atoms with van der Waals surface area (Å²) >= 11 is 15.4. The lowest BCUT2D eigenvalue weighted by Crippen LogP contribution is -2.13. The average Bonchev–Trinajstić information content (AvgIpc) is 2.70. The van der Waals surface area contributed by atoms with Gasteiger partial charge in [0, 0.05) is 10.0 Å². The number of furan rings is 1. The number of hydrogen-bond donors (Lipinski definition) is 1. The van der Waals surface area contributed by atoms with E-state index in [9.17, 15) is 0 Å². The number of halogens is 3. The summed E-state index contributed by atoms with van der Waals surface area (Å²) < 4.78 is 6.06. The second-order valence-corrected chi connectivity index (χ2v) is 5.25. The van der Waals surface area contributed by atoms with Gasteiger partial charge in [0.1, 0.15) is 5.76 Å². The standard InChI is InChI=1S/C12H10BrCl2NO/c13-12-5-4-11(17-12)10(16)6-7-8(14)2-1-3-9(7)15/h1-5,10H,6,16H2. The second kappa shape index (κ2) is 5.44. The molecule has 90 valence electrons. The van der Waals surface area contributed by atoms with Gasteiger partial charge in [0.2, 0.25) is 0 Å². The summed E-state index contributed by atoms with van der Waals surface area (Å²) in [6.07, 6.45) is 0.540. The van der Waals surface area contributed by atoms with Crippen molar-refractivity contribution >= 4 is 39.1 Å². The first kappa shape index (κ1) is 13.0. The Balaban J connectivity index is 2.21. The summed E-state index contributed by atoms with van der Waals surface area (Å²) in [4.78, 5) is 0. The van der Waals surface area contributed by atoms with E-state index in [-0.39, 0.29) is 6.04 Å². The molecule has 0 saturated carbocycles. The van der Waals surface area contributed by atoms with Crippen molar-refractivity contribution in [3.05, 3.63) is 56.4 Å². The normalized spacial score (nSPS) is 12.7. The predicted octanol–water partition coefficient (Wildman–Crippen LogP) is 4.59. The van der Waals surface area contributed by atoms with Crippen LogP contribution in [0.4, 0.5) is 0 Å². The quantitative estimate of drug-likeness (QED) is 0.891. The van der Waals surface area contributed by atoms with Gasteiger partial charge in [-0.25, -0.2) is 0 Å². The largest absolute Gasteiger partial charge is 0.453 e. The summed E-state index contributed by atoms with van der Waals surface area (Å²) in [6.45, 7) is 0. The maximum atomic E-state index is 6.09. The van der Waals surface area contributed by atoms with Crippen molar-refractivity contribution in [1.82, 2.24) is 0 Å². The van der Waals surface area contributed by atoms with E-state index in [1.807, 2.05) is 18.2 Å². The maximum absolute atomic E-state index is 6.09. The second-order valence-electron chi connectivity index (χ2n) is 3.65. The van der Waals surface area contributed by atoms with E-state index in [0.717, 1.165) is 5.56 Å². The van der Waals surface area contributed by atoms with Crippen LogP contribution in [-0.2, 0) is 6.42 Å². The Morgan fingerprint density at radius 3 is 2.35 bits per heavy atom. The monoisotopic (exact) mass is 333 g/mol. The molecule has 2 nitrogen and oxygen atoms in total. The van der Waals surface area contributed by atoms with Crippen LogP contribution >= 0.6 is 39.1 Å². The van der Waals surface area contributed by atoms with E-state index in [1.54, 1.807) is 12.1 Å². The number of rotatable bonds is 3. The number of benzene rings is 1. The van der Waals surface area contributed by atoms with E-state index in [0.29, 0.717) is 26.9 Å². The van der Waals surface area contributed by atoms with E-state index < -0.39 is 0 Å². The molecule has 2 aromatic rings. The van der Waals surface area contributed by atoms with Gasteiger partial charge in [-0.15, -0.1) is 0 Å². The minimum Gasteiger partial charge on any atom is -0.453 e. The van der Waals surface area contributed by atoms with E-state index in [1.165, 1.54) is 0 Å². The Bertz CT molecular complexity index is 507. The van der Waals surface area contributed by atoms with E-state index in [2.05, 4.69) is 15.9 Å². The molecule has 0 spiro atoms. The zero-order valence-corrected chi connectivity index (χ0v) is 11.9. The molecular weight excluding hydrogens is 325 g/mol. The molecule has 5 heteroatoms. The van der Waals surface area contributed by atoms with Crippen molar-refractivity contribution in [3.8, 4) is 0 Å². The van der Waals surface area contributed by atoms with Crippen molar-refractivity contribution < 1.29 is 4.42 Å². The maximum Gasteiger partial charge on any atom is 0.169 e. The van der Waals surface area contributed by atoms with Crippen LogP contribution in [-0.4, -0.2) is 0 Å². The topological polar surface area (TPSA) is 39.2 Å². The summed E-state index contributed by atoms with van der Waals surface area (Å²) in [5.41, 5.74) is 6.89. The lowest BCUT2D eigenvalue weighted by atomic mass is 10.0. The van der Waals surface area contributed by atoms with Gasteiger partial charge < -0.3 is 10.2 Å². The first-order chi connectivity index (χ1) is 8.08. The highest BCUT2D eigenvalue weighted by Gasteiger charge is 2.15. The van der Waals surface area contributed by atoms with E-state index in [4.69, 9.17) is 33.4 Å². The Morgan fingerprint density at radius 2 is 1.82 bits per heavy atom. The van der Waals surface area contributed by atoms with Gasteiger partial charge in [0.15, 0.2) is 4.67 Å². The lowest BCUT2D eigenvalue weighted by Gasteiger charge is -2.11. The fourth-order valence-corrected chi connectivity index (χ4v) is 2.45. The van der Waals surface area contributed by atoms with Gasteiger partial charge in [-0.3, -0.25) is 0 Å². The van der Waals surface area contributed by atoms with Crippen molar-refractivity contribution in [3.63, 3.8) is 0 Å². The van der Waals surface area contributed by atoms with Crippen LogP contribution in [0, 0.1) is 0 Å². The minimum absolute atomic E-state index is 0.265. The minimum atomic E-state index is -0.265. The van der Waals surface area contributed by atoms with Crippen LogP contribution in [0.3, 0.4) is 0 Å². The number of hydrogen-bond acceptors (Lipinski definition) is 2. The van der Waals surface area contributed by atoms with Crippen LogP contribution in [0.25, 0.3) is 0 Å². The summed E-state index contributed by atoms with van der Waals surface area (Å²) in [6, 6.07) is 8.78. The zero-order valence-electron chi connectivity index (χ0n) is 8.79. The molecule has 1 aromatic heterocycles. The molecule has 0 aliphatic carbocycles. The Kier molecular flexibility index (Phi) is 4.15. The third kappa shape index (κ3) is 3.05. The van der Waals surface area contributed by atoms with E-state index >= 15 is 0 Å². The van der Waals surface area contributed by atoms with Crippen molar-refractivity contribution in [2.24, 2.45) is 5.73 Å². The van der Waals surface area contributed by atoms with Crippen molar-refractivity contribution in [2.75, 3.05) is 0 Å². The van der Waals surface area contributed by atoms with Crippen LogP contribution < -0.4 is 5.73 Å². The molecule has 0 aliphatic heterocycles. The highest BCUT2D eigenvalue weighted by Crippen LogP contribution is 2.29. The Morgan fingerprint density at radius 1 is 1.18 bits per heavy atom. The molecule has 1 atom stereocenters. The zero-order chi connectivity index (χ0) is 12.4. The molecule has 2 N–H and O–H groups in total. The van der Waals surface area contributed by atoms with Gasteiger partial charge in [-0.1, -0.05) is 29.3 Å². The highest BCUT2D eigenvalue weighted by atomic mass is 79.9. The molecule has 0 bridgehead atoms. The van der Waals surface area contributed by atoms with Crippen molar-refractivity contribution in [2.45, 2.75) is 12.5 Å². The molecule has 0 amide bonds. The first-order valence-corrected chi connectivity index (χ1v) is 6.56. The molecular formula is C12H10BrCl2NO. The summed E-state index contributed by atoms with van der Waals surface area (Å²) in [5.74, 6) is 0.702. The molecule has 1 unspecified atom stereocenters. The molecule has 0 saturated heterocycles. The fraction of sp³-hybridized carbons (Fsp3) is 0.167. The summed E-state index contributed by atoms with van der Waals surface area (Å²) in [7, 11) is 0. The Hall–Kier alpha value is -0.480. The Labute approximate surface area is 118 Å². The van der Waals surface area contributed by atoms with Crippen molar-refractivity contribution in [1.29, 1.82) is 0 Å². The molecule has 17 heavy (non-hydrogen) atoms. The molecule has 0 fully saturated rings. The SMILES string of the molecule is NC(Cc1c(Cl)cccc1Cl)c1ccc(Br)o1. The smallest absolute Gasteiger partial charge is 0.169 e.